The van der Waals surface area contributed by atoms with E-state index in [-0.39, 0.29) is 80.5 Å². The van der Waals surface area contributed by atoms with E-state index in [0.29, 0.717) is 0 Å². The van der Waals surface area contributed by atoms with Crippen LogP contribution in [-0.2, 0) is 21.7 Å². The minimum atomic E-state index is -4.61. The van der Waals surface area contributed by atoms with Crippen molar-refractivity contribution in [2.75, 3.05) is 0 Å². The molecule has 0 aromatic rings. The first kappa shape index (κ1) is 22.4. The summed E-state index contributed by atoms with van der Waals surface area (Å²) in [5.74, 6) is 0. The first-order valence-electron chi connectivity index (χ1n) is 0.894. The minimum Gasteiger partial charge on any atom is 0 e. The van der Waals surface area contributed by atoms with Gasteiger partial charge in [-0.05, 0) is 0 Å². The van der Waals surface area contributed by atoms with E-state index >= 15 is 0 Å². The molecule has 0 aliphatic rings. The van der Waals surface area contributed by atoms with Crippen LogP contribution in [0.3, 0.4) is 0 Å². The maximum Gasteiger partial charge on any atom is 0 e. The van der Waals surface area contributed by atoms with Crippen LogP contribution in [0.15, 0.2) is 0 Å². The molecule has 0 radical (unpaired) electrons. The van der Waals surface area contributed by atoms with Crippen molar-refractivity contribution in [3.63, 3.8) is 0 Å². The molecule has 0 aromatic heterocycles. The quantitative estimate of drug-likeness (QED) is 0.323. The van der Waals surface area contributed by atoms with Crippen LogP contribution in [0.4, 0.5) is 0 Å². The SMILES string of the molecule is C.O[Si](O)(O)O.[KH].[Ti]. The maximum atomic E-state index is 7.33. The zero-order chi connectivity index (χ0) is 4.50. The molecule has 0 aromatic carbocycles. The Hall–Kier alpha value is 2.41. The molecule has 0 bridgehead atoms. The van der Waals surface area contributed by atoms with E-state index in [1.165, 1.54) is 0 Å². The van der Waals surface area contributed by atoms with Gasteiger partial charge in [-0.25, -0.2) is 0 Å². The van der Waals surface area contributed by atoms with Crippen LogP contribution >= 0.6 is 0 Å². The Kier molecular flexibility index (Phi) is 26.4. The standard InChI is InChI=1S/CH4.K.H4O4Si.Ti.H/c;;1-5(2,3)4;;/h1H4;;1-4H;;. The molecule has 0 heterocycles. The monoisotopic (exact) mass is 200 g/mol. The van der Waals surface area contributed by atoms with Crippen LogP contribution < -0.4 is 0 Å². The van der Waals surface area contributed by atoms with Crippen molar-refractivity contribution in [2.45, 2.75) is 7.43 Å². The normalized spacial score (nSPS) is 7.50. The molecule has 46 valence electrons. The summed E-state index contributed by atoms with van der Waals surface area (Å²) in [7, 11) is -4.61. The average molecular weight is 200 g/mol. The Morgan fingerprint density at radius 2 is 0.875 bits per heavy atom. The van der Waals surface area contributed by atoms with Crippen molar-refractivity contribution in [1.82, 2.24) is 0 Å². The summed E-state index contributed by atoms with van der Waals surface area (Å²) in [5, 5.41) is 0. The fraction of sp³-hybridized carbons (Fsp3) is 1.00. The fourth-order valence-corrected chi connectivity index (χ4v) is 0. The van der Waals surface area contributed by atoms with Gasteiger partial charge >= 0.3 is 60.4 Å². The second-order valence-corrected chi connectivity index (χ2v) is 1.80. The van der Waals surface area contributed by atoms with Crippen LogP contribution in [0.25, 0.3) is 0 Å². The molecule has 0 amide bonds. The van der Waals surface area contributed by atoms with Crippen LogP contribution in [-0.4, -0.2) is 79.6 Å². The van der Waals surface area contributed by atoms with E-state index in [2.05, 4.69) is 0 Å². The van der Waals surface area contributed by atoms with Gasteiger partial charge in [0.05, 0.1) is 0 Å². The van der Waals surface area contributed by atoms with Gasteiger partial charge in [0.1, 0.15) is 0 Å². The van der Waals surface area contributed by atoms with Gasteiger partial charge in [-0.1, -0.05) is 7.43 Å². The molecule has 4 nitrogen and oxygen atoms in total. The van der Waals surface area contributed by atoms with Crippen LogP contribution in [0, 0.1) is 0 Å². The van der Waals surface area contributed by atoms with Crippen molar-refractivity contribution in [3.8, 4) is 0 Å². The summed E-state index contributed by atoms with van der Waals surface area (Å²) in [6.45, 7) is 0. The van der Waals surface area contributed by atoms with Crippen LogP contribution in [0.5, 0.6) is 0 Å². The largest absolute Gasteiger partial charge is 0 e. The Morgan fingerprint density at radius 3 is 0.875 bits per heavy atom. The molecule has 0 fully saturated rings. The Labute approximate surface area is 107 Å². The average Bonchev–Trinajstić information content (AvgIpc) is 0.722. The maximum absolute atomic E-state index is 7.33. The second kappa shape index (κ2) is 9.41. The minimum absolute atomic E-state index is 0. The van der Waals surface area contributed by atoms with E-state index in [1.807, 2.05) is 0 Å². The van der Waals surface area contributed by atoms with Gasteiger partial charge in [-0.3, -0.25) is 0 Å². The van der Waals surface area contributed by atoms with Crippen molar-refractivity contribution in [1.29, 1.82) is 0 Å². The zero-order valence-electron chi connectivity index (χ0n) is 2.79. The smallest absolute Gasteiger partial charge is 0 e. The van der Waals surface area contributed by atoms with E-state index in [1.54, 1.807) is 0 Å². The van der Waals surface area contributed by atoms with Gasteiger partial charge < -0.3 is 19.2 Å². The molecule has 7 heteroatoms. The van der Waals surface area contributed by atoms with Crippen molar-refractivity contribution >= 4 is 60.4 Å². The molecule has 0 atom stereocenters. The molecule has 4 N–H and O–H groups in total. The van der Waals surface area contributed by atoms with Crippen LogP contribution in [0.2, 0.25) is 0 Å². The summed E-state index contributed by atoms with van der Waals surface area (Å²) in [4.78, 5) is 29.3. The third-order valence-corrected chi connectivity index (χ3v) is 0. The molecule has 0 aliphatic carbocycles. The Morgan fingerprint density at radius 1 is 0.875 bits per heavy atom. The van der Waals surface area contributed by atoms with Crippen LogP contribution in [0.1, 0.15) is 7.43 Å². The molecular weight excluding hydrogens is 191 g/mol. The number of hydrogen-bond donors (Lipinski definition) is 4. The predicted molar refractivity (Wildman–Crippen MR) is 28.5 cm³/mol. The van der Waals surface area contributed by atoms with Crippen molar-refractivity contribution in [2.24, 2.45) is 0 Å². The number of hydrogen-bond acceptors (Lipinski definition) is 4. The molecule has 0 spiro atoms. The predicted octanol–water partition coefficient (Wildman–Crippen LogP) is -2.62. The summed E-state index contributed by atoms with van der Waals surface area (Å²) < 4.78 is 0. The molecule has 0 unspecified atom stereocenters. The van der Waals surface area contributed by atoms with Gasteiger partial charge in [0.25, 0.3) is 0 Å². The summed E-state index contributed by atoms with van der Waals surface area (Å²) >= 11 is 0. The van der Waals surface area contributed by atoms with E-state index < -0.39 is 9.05 Å². The Balaban J connectivity index is -0.0000000267. The van der Waals surface area contributed by atoms with Gasteiger partial charge in [0.15, 0.2) is 0 Å². The Bertz CT molecular complexity index is 31.5. The molecule has 0 aliphatic heterocycles. The fourth-order valence-electron chi connectivity index (χ4n) is 0. The molecule has 8 heavy (non-hydrogen) atoms. The number of rotatable bonds is 0. The first-order valence-corrected chi connectivity index (χ1v) is 2.68. The molecule has 0 saturated carbocycles. The third-order valence-electron chi connectivity index (χ3n) is 0. The summed E-state index contributed by atoms with van der Waals surface area (Å²) in [5.41, 5.74) is 0. The van der Waals surface area contributed by atoms with Gasteiger partial charge in [-0.2, -0.15) is 0 Å². The van der Waals surface area contributed by atoms with Gasteiger partial charge in [0, 0.05) is 21.7 Å². The van der Waals surface area contributed by atoms with E-state index in [0.717, 1.165) is 0 Å². The molecule has 0 saturated heterocycles. The van der Waals surface area contributed by atoms with Gasteiger partial charge in [0.2, 0.25) is 0 Å². The summed E-state index contributed by atoms with van der Waals surface area (Å²) in [6, 6.07) is 0. The topological polar surface area (TPSA) is 80.9 Å². The molecular formula is CH9KO4SiTi. The van der Waals surface area contributed by atoms with Gasteiger partial charge in [-0.15, -0.1) is 0 Å². The third kappa shape index (κ3) is 79.6. The van der Waals surface area contributed by atoms with Crippen molar-refractivity contribution in [3.05, 3.63) is 0 Å². The summed E-state index contributed by atoms with van der Waals surface area (Å²) in [6.07, 6.45) is 0. The van der Waals surface area contributed by atoms with E-state index in [4.69, 9.17) is 19.2 Å². The van der Waals surface area contributed by atoms with Crippen molar-refractivity contribution < 1.29 is 40.9 Å². The van der Waals surface area contributed by atoms with E-state index in [9.17, 15) is 0 Å². The zero-order valence-corrected chi connectivity index (χ0v) is 5.35. The molecule has 0 rings (SSSR count). The first-order chi connectivity index (χ1) is 2.00. The second-order valence-electron chi connectivity index (χ2n) is 0.600.